The fourth-order valence-electron chi connectivity index (χ4n) is 1.39. The summed E-state index contributed by atoms with van der Waals surface area (Å²) in [5.74, 6) is -2.13. The van der Waals surface area contributed by atoms with Crippen molar-refractivity contribution in [3.63, 3.8) is 0 Å². The topological polar surface area (TPSA) is 92.4 Å². The van der Waals surface area contributed by atoms with Crippen LogP contribution in [0.3, 0.4) is 0 Å². The molecular weight excluding hydrogens is 316 g/mol. The molecule has 0 fully saturated rings. The third kappa shape index (κ3) is 3.19. The van der Waals surface area contributed by atoms with Gasteiger partial charge in [-0.05, 0) is 11.6 Å². The molecule has 0 atom stereocenters. The van der Waals surface area contributed by atoms with E-state index in [0.29, 0.717) is 6.54 Å². The Balaban J connectivity index is 2.01. The first-order valence-corrected chi connectivity index (χ1v) is 6.09. The Morgan fingerprint density at radius 3 is 2.74 bits per heavy atom. The van der Waals surface area contributed by atoms with Crippen molar-refractivity contribution in [1.29, 1.82) is 0 Å². The fourth-order valence-corrected chi connectivity index (χ4v) is 1.82. The number of hydrogen-bond acceptors (Lipinski definition) is 4. The van der Waals surface area contributed by atoms with Gasteiger partial charge in [-0.3, -0.25) is 4.79 Å². The van der Waals surface area contributed by atoms with E-state index in [2.05, 4.69) is 30.9 Å². The maximum Gasteiger partial charge on any atom is 0.374 e. The highest BCUT2D eigenvalue weighted by atomic mass is 79.9. The van der Waals surface area contributed by atoms with Crippen LogP contribution >= 0.6 is 15.9 Å². The number of nitrogens with one attached hydrogen (secondary N) is 1. The lowest BCUT2D eigenvalue weighted by Crippen LogP contribution is -2.23. The number of carboxylic acid groups (broad SMARTS) is 1. The average molecular weight is 325 g/mol. The molecule has 0 aliphatic heterocycles. The highest BCUT2D eigenvalue weighted by Gasteiger charge is 2.16. The molecule has 7 heteroatoms. The molecule has 2 N–H and O–H groups in total. The van der Waals surface area contributed by atoms with Crippen molar-refractivity contribution in [2.24, 2.45) is 0 Å². The number of halogens is 1. The second-order valence-corrected chi connectivity index (χ2v) is 4.51. The van der Waals surface area contributed by atoms with Gasteiger partial charge in [-0.25, -0.2) is 4.79 Å². The lowest BCUT2D eigenvalue weighted by Gasteiger charge is -2.04. The number of hydrogen-bond donors (Lipinski definition) is 2. The van der Waals surface area contributed by atoms with Crippen LogP contribution in [-0.2, 0) is 6.54 Å². The van der Waals surface area contributed by atoms with Crippen LogP contribution in [0.5, 0.6) is 0 Å². The molecule has 1 amide bonds. The third-order valence-electron chi connectivity index (χ3n) is 2.35. The van der Waals surface area contributed by atoms with E-state index in [1.165, 1.54) is 0 Å². The summed E-state index contributed by atoms with van der Waals surface area (Å²) in [5.41, 5.74) is 0.835. The summed E-state index contributed by atoms with van der Waals surface area (Å²) in [6, 6.07) is 8.52. The van der Waals surface area contributed by atoms with Gasteiger partial charge in [-0.2, -0.15) is 0 Å². The number of carbonyl (C=O) groups is 2. The Labute approximate surface area is 116 Å². The highest BCUT2D eigenvalue weighted by molar-refractivity contribution is 9.10. The summed E-state index contributed by atoms with van der Waals surface area (Å²) in [6.45, 7) is 0.301. The van der Waals surface area contributed by atoms with Crippen molar-refractivity contribution >= 4 is 27.8 Å². The van der Waals surface area contributed by atoms with Crippen LogP contribution in [0.25, 0.3) is 0 Å². The molecular formula is C12H9BrN2O4. The van der Waals surface area contributed by atoms with Crippen LogP contribution in [-0.4, -0.2) is 22.1 Å². The number of carboxylic acids is 1. The van der Waals surface area contributed by atoms with Crippen LogP contribution in [0, 0.1) is 0 Å². The van der Waals surface area contributed by atoms with E-state index in [1.54, 1.807) is 0 Å². The van der Waals surface area contributed by atoms with Crippen LogP contribution in [0.1, 0.15) is 26.6 Å². The molecule has 0 saturated heterocycles. The number of benzene rings is 1. The number of aromatic carboxylic acids is 1. The largest absolute Gasteiger partial charge is 0.475 e. The monoisotopic (exact) mass is 324 g/mol. The summed E-state index contributed by atoms with van der Waals surface area (Å²) >= 11 is 3.36. The van der Waals surface area contributed by atoms with Gasteiger partial charge in [0, 0.05) is 17.1 Å². The van der Waals surface area contributed by atoms with E-state index < -0.39 is 11.9 Å². The second kappa shape index (κ2) is 5.66. The molecule has 1 heterocycles. The van der Waals surface area contributed by atoms with Gasteiger partial charge in [-0.15, -0.1) is 0 Å². The summed E-state index contributed by atoms with van der Waals surface area (Å²) in [7, 11) is 0. The number of carbonyl (C=O) groups excluding carboxylic acids is 1. The van der Waals surface area contributed by atoms with E-state index in [0.717, 1.165) is 16.1 Å². The lowest BCUT2D eigenvalue weighted by atomic mass is 10.2. The molecule has 0 saturated carbocycles. The number of nitrogens with zero attached hydrogens (tertiary/aromatic N) is 1. The van der Waals surface area contributed by atoms with Crippen LogP contribution < -0.4 is 5.32 Å². The molecule has 98 valence electrons. The second-order valence-electron chi connectivity index (χ2n) is 3.66. The molecule has 1 aromatic heterocycles. The first-order valence-electron chi connectivity index (χ1n) is 5.29. The third-order valence-corrected chi connectivity index (χ3v) is 3.12. The average Bonchev–Trinajstić information content (AvgIpc) is 2.87. The van der Waals surface area contributed by atoms with Crippen molar-refractivity contribution in [2.45, 2.75) is 6.54 Å². The van der Waals surface area contributed by atoms with Crippen molar-refractivity contribution in [3.8, 4) is 0 Å². The summed E-state index contributed by atoms with van der Waals surface area (Å²) < 4.78 is 5.38. The van der Waals surface area contributed by atoms with Crippen molar-refractivity contribution in [3.05, 3.63) is 51.8 Å². The molecule has 1 aromatic carbocycles. The number of aromatic nitrogens is 1. The van der Waals surface area contributed by atoms with E-state index >= 15 is 0 Å². The Bertz CT molecular complexity index is 624. The molecule has 0 spiro atoms. The fraction of sp³-hybridized carbons (Fsp3) is 0.0833. The molecule has 2 rings (SSSR count). The van der Waals surface area contributed by atoms with E-state index in [1.807, 2.05) is 24.3 Å². The standard InChI is InChI=1S/C12H9BrN2O4/c13-8-4-2-1-3-7(8)6-14-11(16)9-5-10(12(17)18)19-15-9/h1-5H,6H2,(H,14,16)(H,17,18). The molecule has 0 aliphatic carbocycles. The van der Waals surface area contributed by atoms with Crippen molar-refractivity contribution in [1.82, 2.24) is 10.5 Å². The first kappa shape index (κ1) is 13.3. The van der Waals surface area contributed by atoms with Gasteiger partial charge in [0.1, 0.15) is 0 Å². The maximum atomic E-state index is 11.7. The van der Waals surface area contributed by atoms with Gasteiger partial charge in [-0.1, -0.05) is 39.3 Å². The van der Waals surface area contributed by atoms with Gasteiger partial charge in [0.15, 0.2) is 5.69 Å². The summed E-state index contributed by atoms with van der Waals surface area (Å²) in [6.07, 6.45) is 0. The van der Waals surface area contributed by atoms with Crippen molar-refractivity contribution < 1.29 is 19.2 Å². The van der Waals surface area contributed by atoms with Crippen LogP contribution in [0.15, 0.2) is 39.3 Å². The van der Waals surface area contributed by atoms with E-state index in [4.69, 9.17) is 5.11 Å². The van der Waals surface area contributed by atoms with Crippen LogP contribution in [0.2, 0.25) is 0 Å². The van der Waals surface area contributed by atoms with Crippen molar-refractivity contribution in [2.75, 3.05) is 0 Å². The minimum Gasteiger partial charge on any atom is -0.475 e. The van der Waals surface area contributed by atoms with Gasteiger partial charge < -0.3 is 14.9 Å². The normalized spacial score (nSPS) is 10.2. The van der Waals surface area contributed by atoms with Crippen LogP contribution in [0.4, 0.5) is 0 Å². The minimum atomic E-state index is -1.27. The quantitative estimate of drug-likeness (QED) is 0.898. The lowest BCUT2D eigenvalue weighted by molar-refractivity contribution is 0.0651. The van der Waals surface area contributed by atoms with E-state index in [9.17, 15) is 9.59 Å². The predicted octanol–water partition coefficient (Wildman–Crippen LogP) is 2.07. The van der Waals surface area contributed by atoms with Gasteiger partial charge in [0.05, 0.1) is 0 Å². The van der Waals surface area contributed by atoms with Gasteiger partial charge >= 0.3 is 5.97 Å². The molecule has 2 aromatic rings. The molecule has 19 heavy (non-hydrogen) atoms. The summed E-state index contributed by atoms with van der Waals surface area (Å²) in [4.78, 5) is 22.3. The molecule has 6 nitrogen and oxygen atoms in total. The summed E-state index contributed by atoms with van der Waals surface area (Å²) in [5, 5.41) is 14.7. The van der Waals surface area contributed by atoms with Gasteiger partial charge in [0.2, 0.25) is 5.76 Å². The Kier molecular flexibility index (Phi) is 3.96. The zero-order chi connectivity index (χ0) is 13.8. The van der Waals surface area contributed by atoms with Gasteiger partial charge in [0.25, 0.3) is 5.91 Å². The van der Waals surface area contributed by atoms with E-state index in [-0.39, 0.29) is 11.5 Å². The Hall–Kier alpha value is -2.15. The number of rotatable bonds is 4. The Morgan fingerprint density at radius 2 is 2.11 bits per heavy atom. The molecule has 0 aliphatic rings. The smallest absolute Gasteiger partial charge is 0.374 e. The SMILES string of the molecule is O=C(NCc1ccccc1Br)c1cc(C(=O)O)on1. The predicted molar refractivity (Wildman–Crippen MR) is 68.8 cm³/mol. The zero-order valence-corrected chi connectivity index (χ0v) is 11.2. The minimum absolute atomic E-state index is 0.0653. The molecule has 0 unspecified atom stereocenters. The molecule has 0 radical (unpaired) electrons. The zero-order valence-electron chi connectivity index (χ0n) is 9.59. The number of amides is 1. The first-order chi connectivity index (χ1) is 9.08. The molecule has 0 bridgehead atoms. The Morgan fingerprint density at radius 1 is 1.37 bits per heavy atom. The maximum absolute atomic E-state index is 11.7. The highest BCUT2D eigenvalue weighted by Crippen LogP contribution is 2.15.